The third kappa shape index (κ3) is 6.41. The van der Waals surface area contributed by atoms with E-state index in [1.54, 1.807) is 38.3 Å². The minimum Gasteiger partial charge on any atom is -0.508 e. The van der Waals surface area contributed by atoms with E-state index in [0.29, 0.717) is 16.7 Å². The summed E-state index contributed by atoms with van der Waals surface area (Å²) in [6.45, 7) is 8.32. The van der Waals surface area contributed by atoms with Crippen molar-refractivity contribution >= 4 is 23.4 Å². The Balaban J connectivity index is 1.56. The molecule has 9 heteroatoms. The summed E-state index contributed by atoms with van der Waals surface area (Å²) in [4.78, 5) is 12.6. The van der Waals surface area contributed by atoms with Crippen molar-refractivity contribution in [3.8, 4) is 28.6 Å². The number of aromatic nitrogens is 3. The molecule has 0 saturated heterocycles. The molecule has 0 unspecified atom stereocenters. The molecule has 196 valence electrons. The number of carbonyl (C=O) groups is 1. The number of rotatable bonds is 8. The molecule has 38 heavy (non-hydrogen) atoms. The molecule has 0 saturated carbocycles. The van der Waals surface area contributed by atoms with Crippen LogP contribution in [0.4, 0.5) is 0 Å². The van der Waals surface area contributed by atoms with E-state index in [1.807, 2.05) is 41.0 Å². The number of benzene rings is 3. The molecular formula is C29H31N5O3S. The number of hydrogen-bond acceptors (Lipinski definition) is 7. The largest absolute Gasteiger partial charge is 0.508 e. The van der Waals surface area contributed by atoms with Crippen LogP contribution in [-0.2, 0) is 10.2 Å². The first kappa shape index (κ1) is 26.9. The average Bonchev–Trinajstić information content (AvgIpc) is 3.34. The summed E-state index contributed by atoms with van der Waals surface area (Å²) >= 11 is 1.28. The fraction of sp³-hybridized carbons (Fsp3) is 0.241. The van der Waals surface area contributed by atoms with E-state index in [-0.39, 0.29) is 22.8 Å². The van der Waals surface area contributed by atoms with Gasteiger partial charge in [-0.15, -0.1) is 10.2 Å². The van der Waals surface area contributed by atoms with Crippen molar-refractivity contribution in [3.05, 3.63) is 83.9 Å². The molecule has 4 aromatic rings. The molecule has 0 aliphatic carbocycles. The van der Waals surface area contributed by atoms with Crippen LogP contribution in [-0.4, -0.2) is 44.4 Å². The third-order valence-corrected chi connectivity index (χ3v) is 6.87. The highest BCUT2D eigenvalue weighted by molar-refractivity contribution is 7.99. The first-order chi connectivity index (χ1) is 18.2. The van der Waals surface area contributed by atoms with Crippen molar-refractivity contribution in [2.24, 2.45) is 5.10 Å². The lowest BCUT2D eigenvalue weighted by atomic mass is 9.87. The topological polar surface area (TPSA) is 102 Å². The number of nitrogens with one attached hydrogen (secondary N) is 1. The van der Waals surface area contributed by atoms with Crippen LogP contribution in [0.5, 0.6) is 11.5 Å². The van der Waals surface area contributed by atoms with Gasteiger partial charge < -0.3 is 9.84 Å². The van der Waals surface area contributed by atoms with E-state index < -0.39 is 0 Å². The molecule has 0 fully saturated rings. The quantitative estimate of drug-likeness (QED) is 0.176. The normalized spacial score (nSPS) is 11.9. The summed E-state index contributed by atoms with van der Waals surface area (Å²) in [6.07, 6.45) is 0. The maximum absolute atomic E-state index is 12.6. The van der Waals surface area contributed by atoms with E-state index in [9.17, 15) is 9.90 Å². The predicted octanol–water partition coefficient (Wildman–Crippen LogP) is 5.58. The number of phenolic OH excluding ortho intramolecular Hbond substituents is 1. The monoisotopic (exact) mass is 529 g/mol. The number of nitrogens with zero attached hydrogens (tertiary/aromatic N) is 4. The van der Waals surface area contributed by atoms with Crippen molar-refractivity contribution in [2.45, 2.75) is 38.3 Å². The highest BCUT2D eigenvalue weighted by Crippen LogP contribution is 2.30. The summed E-state index contributed by atoms with van der Waals surface area (Å²) in [5, 5.41) is 23.1. The highest BCUT2D eigenvalue weighted by Gasteiger charge is 2.19. The Bertz CT molecular complexity index is 1420. The zero-order valence-electron chi connectivity index (χ0n) is 22.1. The van der Waals surface area contributed by atoms with E-state index in [2.05, 4.69) is 53.6 Å². The average molecular weight is 530 g/mol. The number of hydrazone groups is 1. The number of methoxy groups -OCH3 is 1. The van der Waals surface area contributed by atoms with E-state index in [1.165, 1.54) is 17.3 Å². The SMILES string of the molecule is COc1ccc(-n2c(SCC(=O)NN=C(C)c3ccc(O)cc3)nnc2-c2ccc(C(C)(C)C)cc2)cc1. The lowest BCUT2D eigenvalue weighted by Crippen LogP contribution is -2.21. The third-order valence-electron chi connectivity index (χ3n) is 5.94. The van der Waals surface area contributed by atoms with Gasteiger partial charge in [-0.2, -0.15) is 5.10 Å². The molecule has 0 atom stereocenters. The number of hydrogen-bond donors (Lipinski definition) is 2. The van der Waals surface area contributed by atoms with Crippen molar-refractivity contribution in [3.63, 3.8) is 0 Å². The summed E-state index contributed by atoms with van der Waals surface area (Å²) in [5.41, 5.74) is 7.07. The zero-order chi connectivity index (χ0) is 27.3. The Hall–Kier alpha value is -4.11. The summed E-state index contributed by atoms with van der Waals surface area (Å²) in [7, 11) is 1.63. The van der Waals surface area contributed by atoms with Crippen LogP contribution in [0, 0.1) is 0 Å². The molecule has 2 N–H and O–H groups in total. The van der Waals surface area contributed by atoms with Crippen LogP contribution in [0.15, 0.2) is 83.1 Å². The predicted molar refractivity (Wildman–Crippen MR) is 151 cm³/mol. The van der Waals surface area contributed by atoms with Crippen LogP contribution >= 0.6 is 11.8 Å². The smallest absolute Gasteiger partial charge is 0.250 e. The molecule has 1 heterocycles. The molecule has 1 aromatic heterocycles. The first-order valence-corrected chi connectivity index (χ1v) is 13.1. The molecule has 4 rings (SSSR count). The molecule has 0 aliphatic heterocycles. The van der Waals surface area contributed by atoms with Crippen LogP contribution in [0.1, 0.15) is 38.8 Å². The Morgan fingerprint density at radius 1 is 1.00 bits per heavy atom. The molecule has 0 aliphatic rings. The molecule has 0 spiro atoms. The van der Waals surface area contributed by atoms with Crippen molar-refractivity contribution in [1.82, 2.24) is 20.2 Å². The van der Waals surface area contributed by atoms with E-state index in [0.717, 1.165) is 22.6 Å². The lowest BCUT2D eigenvalue weighted by molar-refractivity contribution is -0.118. The van der Waals surface area contributed by atoms with Gasteiger partial charge in [0, 0.05) is 11.3 Å². The van der Waals surface area contributed by atoms with Gasteiger partial charge in [0.1, 0.15) is 11.5 Å². The first-order valence-electron chi connectivity index (χ1n) is 12.1. The number of ether oxygens (including phenoxy) is 1. The van der Waals surface area contributed by atoms with Gasteiger partial charge in [0.2, 0.25) is 0 Å². The van der Waals surface area contributed by atoms with Gasteiger partial charge in [-0.25, -0.2) is 5.43 Å². The van der Waals surface area contributed by atoms with Crippen LogP contribution in [0.2, 0.25) is 0 Å². The number of amides is 1. The second-order valence-electron chi connectivity index (χ2n) is 9.73. The zero-order valence-corrected chi connectivity index (χ0v) is 22.9. The van der Waals surface area contributed by atoms with Crippen molar-refractivity contribution in [2.75, 3.05) is 12.9 Å². The number of thioether (sulfide) groups is 1. The van der Waals surface area contributed by atoms with E-state index >= 15 is 0 Å². The number of carbonyl (C=O) groups excluding carboxylic acids is 1. The lowest BCUT2D eigenvalue weighted by Gasteiger charge is -2.19. The van der Waals surface area contributed by atoms with Crippen molar-refractivity contribution in [1.29, 1.82) is 0 Å². The molecular weight excluding hydrogens is 498 g/mol. The van der Waals surface area contributed by atoms with Crippen LogP contribution in [0.25, 0.3) is 17.1 Å². The summed E-state index contributed by atoms with van der Waals surface area (Å²) in [5.74, 6) is 1.43. The van der Waals surface area contributed by atoms with Crippen LogP contribution in [0.3, 0.4) is 0 Å². The molecule has 8 nitrogen and oxygen atoms in total. The highest BCUT2D eigenvalue weighted by atomic mass is 32.2. The van der Waals surface area contributed by atoms with Crippen LogP contribution < -0.4 is 10.2 Å². The second-order valence-corrected chi connectivity index (χ2v) is 10.7. The molecule has 0 radical (unpaired) electrons. The second kappa shape index (κ2) is 11.5. The number of aromatic hydroxyl groups is 1. The maximum atomic E-state index is 12.6. The summed E-state index contributed by atoms with van der Waals surface area (Å²) in [6, 6.07) is 22.6. The molecule has 0 bridgehead atoms. The Kier molecular flexibility index (Phi) is 8.16. The standard InChI is InChI=1S/C29H31N5O3S/c1-19(20-8-14-24(35)15-9-20)30-31-26(36)18-38-28-33-32-27(21-6-10-22(11-7-21)29(2,3)4)34(28)23-12-16-25(37-5)17-13-23/h6-17,35H,18H2,1-5H3,(H,31,36). The Morgan fingerprint density at radius 3 is 2.26 bits per heavy atom. The van der Waals surface area contributed by atoms with E-state index in [4.69, 9.17) is 4.74 Å². The fourth-order valence-electron chi connectivity index (χ4n) is 3.71. The van der Waals surface area contributed by atoms with Gasteiger partial charge in [-0.1, -0.05) is 56.8 Å². The van der Waals surface area contributed by atoms with Gasteiger partial charge in [0.25, 0.3) is 5.91 Å². The van der Waals surface area contributed by atoms with Gasteiger partial charge in [-0.05, 0) is 72.0 Å². The van der Waals surface area contributed by atoms with Gasteiger partial charge in [0.15, 0.2) is 11.0 Å². The summed E-state index contributed by atoms with van der Waals surface area (Å²) < 4.78 is 7.26. The fourth-order valence-corrected chi connectivity index (χ4v) is 4.45. The van der Waals surface area contributed by atoms with Gasteiger partial charge in [0.05, 0.1) is 18.6 Å². The minimum atomic E-state index is -0.270. The van der Waals surface area contributed by atoms with Crippen molar-refractivity contribution < 1.29 is 14.6 Å². The minimum absolute atomic E-state index is 0.0414. The Morgan fingerprint density at radius 2 is 1.66 bits per heavy atom. The molecule has 3 aromatic carbocycles. The Labute approximate surface area is 226 Å². The maximum Gasteiger partial charge on any atom is 0.250 e. The number of phenols is 1. The van der Waals surface area contributed by atoms with Gasteiger partial charge >= 0.3 is 0 Å². The molecule has 1 amide bonds. The van der Waals surface area contributed by atoms with Gasteiger partial charge in [-0.3, -0.25) is 9.36 Å².